The normalized spacial score (nSPS) is 11.5. The van der Waals surface area contributed by atoms with Crippen molar-refractivity contribution in [1.82, 2.24) is 0 Å². The second kappa shape index (κ2) is 5.40. The minimum Gasteiger partial charge on any atom is -0.275 e. The molecule has 3 aromatic carbocycles. The zero-order valence-corrected chi connectivity index (χ0v) is 11.8. The van der Waals surface area contributed by atoms with Crippen molar-refractivity contribution >= 4 is 44.5 Å². The molecule has 0 aliphatic heterocycles. The van der Waals surface area contributed by atoms with E-state index >= 15 is 0 Å². The van der Waals surface area contributed by atoms with Crippen molar-refractivity contribution in [3.05, 3.63) is 65.7 Å². The first-order valence-corrected chi connectivity index (χ1v) is 6.79. The Bertz CT molecular complexity index is 935. The second-order valence-corrected chi connectivity index (χ2v) is 5.09. The van der Waals surface area contributed by atoms with Crippen LogP contribution in [0, 0.1) is 11.3 Å². The number of carbonyl (C=O) groups excluding carboxylic acids is 1. The highest BCUT2D eigenvalue weighted by atomic mass is 35.5. The molecule has 0 fully saturated rings. The molecular formula is C18H10ClNO. The third-order valence-electron chi connectivity index (χ3n) is 3.37. The molecule has 2 nitrogen and oxygen atoms in total. The number of fused-ring (bicyclic) bond motifs is 2. The van der Waals surface area contributed by atoms with Gasteiger partial charge in [0.2, 0.25) is 0 Å². The van der Waals surface area contributed by atoms with Gasteiger partial charge in [-0.25, -0.2) is 0 Å². The number of benzene rings is 3. The van der Waals surface area contributed by atoms with Gasteiger partial charge in [-0.1, -0.05) is 36.4 Å². The Balaban J connectivity index is 2.18. The molecule has 3 heteroatoms. The molecule has 3 rings (SSSR count). The molecule has 0 aliphatic rings. The predicted octanol–water partition coefficient (Wildman–Crippen LogP) is 4.67. The molecule has 3 aromatic rings. The maximum Gasteiger partial charge on any atom is 0.262 e. The van der Waals surface area contributed by atoms with Crippen LogP contribution in [0.4, 0.5) is 0 Å². The van der Waals surface area contributed by atoms with Crippen LogP contribution in [0.1, 0.15) is 5.56 Å². The molecule has 100 valence electrons. The molecule has 0 spiro atoms. The van der Waals surface area contributed by atoms with Gasteiger partial charge in [0.15, 0.2) is 0 Å². The number of allylic oxidation sites excluding steroid dienone is 1. The van der Waals surface area contributed by atoms with E-state index in [4.69, 9.17) is 16.9 Å². The lowest BCUT2D eigenvalue weighted by Gasteiger charge is -2.03. The first-order valence-electron chi connectivity index (χ1n) is 6.41. The van der Waals surface area contributed by atoms with Crippen LogP contribution in [0.15, 0.2) is 60.2 Å². The zero-order chi connectivity index (χ0) is 14.8. The van der Waals surface area contributed by atoms with Crippen LogP contribution < -0.4 is 0 Å². The molecule has 0 atom stereocenters. The summed E-state index contributed by atoms with van der Waals surface area (Å²) in [6, 6.07) is 19.9. The molecule has 0 bridgehead atoms. The first kappa shape index (κ1) is 13.4. The van der Waals surface area contributed by atoms with E-state index in [1.165, 1.54) is 11.5 Å². The van der Waals surface area contributed by atoms with Gasteiger partial charge in [0.05, 0.1) is 0 Å². The number of hydrogen-bond donors (Lipinski definition) is 0. The van der Waals surface area contributed by atoms with E-state index in [9.17, 15) is 4.79 Å². The first-order chi connectivity index (χ1) is 10.2. The average Bonchev–Trinajstić information content (AvgIpc) is 2.50. The molecule has 0 aliphatic carbocycles. The molecule has 0 amide bonds. The van der Waals surface area contributed by atoms with Crippen LogP contribution >= 0.6 is 11.6 Å². The molecule has 0 aromatic heterocycles. The van der Waals surface area contributed by atoms with E-state index in [-0.39, 0.29) is 5.57 Å². The van der Waals surface area contributed by atoms with Crippen LogP contribution in [0.3, 0.4) is 0 Å². The molecular weight excluding hydrogens is 282 g/mol. The molecule has 0 heterocycles. The molecule has 0 unspecified atom stereocenters. The zero-order valence-electron chi connectivity index (χ0n) is 11.0. The van der Waals surface area contributed by atoms with E-state index in [2.05, 4.69) is 24.3 Å². The van der Waals surface area contributed by atoms with Gasteiger partial charge in [-0.3, -0.25) is 4.79 Å². The van der Waals surface area contributed by atoms with Gasteiger partial charge in [0.25, 0.3) is 5.24 Å². The Morgan fingerprint density at radius 3 is 2.19 bits per heavy atom. The Morgan fingerprint density at radius 1 is 0.952 bits per heavy atom. The highest BCUT2D eigenvalue weighted by Gasteiger charge is 2.05. The molecule has 0 radical (unpaired) electrons. The van der Waals surface area contributed by atoms with Crippen molar-refractivity contribution in [2.24, 2.45) is 0 Å². The molecule has 0 N–H and O–H groups in total. The van der Waals surface area contributed by atoms with Gasteiger partial charge in [0, 0.05) is 0 Å². The summed E-state index contributed by atoms with van der Waals surface area (Å²) < 4.78 is 0. The Labute approximate surface area is 126 Å². The van der Waals surface area contributed by atoms with Crippen molar-refractivity contribution in [2.45, 2.75) is 0 Å². The van der Waals surface area contributed by atoms with Crippen molar-refractivity contribution in [3.8, 4) is 6.07 Å². The smallest absolute Gasteiger partial charge is 0.262 e. The summed E-state index contributed by atoms with van der Waals surface area (Å²) in [4.78, 5) is 11.1. The van der Waals surface area contributed by atoms with Crippen LogP contribution in [-0.2, 0) is 4.79 Å². The van der Waals surface area contributed by atoms with Crippen LogP contribution in [0.25, 0.3) is 27.6 Å². The number of nitriles is 1. The fourth-order valence-electron chi connectivity index (χ4n) is 2.35. The van der Waals surface area contributed by atoms with Crippen molar-refractivity contribution in [3.63, 3.8) is 0 Å². The van der Waals surface area contributed by atoms with E-state index in [0.29, 0.717) is 0 Å². The lowest BCUT2D eigenvalue weighted by molar-refractivity contribution is -0.108. The van der Waals surface area contributed by atoms with Gasteiger partial charge >= 0.3 is 0 Å². The Morgan fingerprint density at radius 2 is 1.57 bits per heavy atom. The highest BCUT2D eigenvalue weighted by molar-refractivity contribution is 6.68. The maximum atomic E-state index is 11.1. The van der Waals surface area contributed by atoms with Gasteiger partial charge < -0.3 is 0 Å². The Kier molecular flexibility index (Phi) is 3.43. The van der Waals surface area contributed by atoms with E-state index in [0.717, 1.165) is 21.7 Å². The standard InChI is InChI=1S/C18H10ClNO/c19-18(21)17(11-20)8-12-5-6-15-9-13-3-1-2-4-14(13)10-16(15)7-12/h1-10H. The highest BCUT2D eigenvalue weighted by Crippen LogP contribution is 2.24. The lowest BCUT2D eigenvalue weighted by atomic mass is 10.0. The molecule has 0 saturated heterocycles. The summed E-state index contributed by atoms with van der Waals surface area (Å²) in [6.07, 6.45) is 1.50. The summed E-state index contributed by atoms with van der Waals surface area (Å²) in [5.74, 6) is 0. The largest absolute Gasteiger partial charge is 0.275 e. The van der Waals surface area contributed by atoms with Gasteiger partial charge in [-0.2, -0.15) is 5.26 Å². The number of carbonyl (C=O) groups is 1. The van der Waals surface area contributed by atoms with Crippen molar-refractivity contribution < 1.29 is 4.79 Å². The topological polar surface area (TPSA) is 40.9 Å². The third-order valence-corrected chi connectivity index (χ3v) is 3.58. The number of hydrogen-bond acceptors (Lipinski definition) is 2. The fraction of sp³-hybridized carbons (Fsp3) is 0. The van der Waals surface area contributed by atoms with Crippen molar-refractivity contribution in [2.75, 3.05) is 0 Å². The fourth-order valence-corrected chi connectivity index (χ4v) is 2.44. The SMILES string of the molecule is N#CC(=Cc1ccc2cc3ccccc3cc2c1)C(=O)Cl. The van der Waals surface area contributed by atoms with E-state index < -0.39 is 5.24 Å². The minimum absolute atomic E-state index is 0.0585. The van der Waals surface area contributed by atoms with E-state index in [1.54, 1.807) is 0 Å². The summed E-state index contributed by atoms with van der Waals surface area (Å²) in [5, 5.41) is 12.7. The summed E-state index contributed by atoms with van der Waals surface area (Å²) in [6.45, 7) is 0. The van der Waals surface area contributed by atoms with Crippen LogP contribution in [0.2, 0.25) is 0 Å². The van der Waals surface area contributed by atoms with Gasteiger partial charge in [-0.05, 0) is 63.0 Å². The summed E-state index contributed by atoms with van der Waals surface area (Å²) in [7, 11) is 0. The average molecular weight is 292 g/mol. The minimum atomic E-state index is -0.740. The molecule has 0 saturated carbocycles. The molecule has 21 heavy (non-hydrogen) atoms. The number of rotatable bonds is 2. The maximum absolute atomic E-state index is 11.1. The quantitative estimate of drug-likeness (QED) is 0.298. The van der Waals surface area contributed by atoms with Crippen LogP contribution in [0.5, 0.6) is 0 Å². The monoisotopic (exact) mass is 291 g/mol. The van der Waals surface area contributed by atoms with E-state index in [1.807, 2.05) is 36.4 Å². The number of nitrogens with zero attached hydrogens (tertiary/aromatic N) is 1. The predicted molar refractivity (Wildman–Crippen MR) is 85.9 cm³/mol. The van der Waals surface area contributed by atoms with Crippen molar-refractivity contribution in [1.29, 1.82) is 5.26 Å². The number of halogens is 1. The van der Waals surface area contributed by atoms with Gasteiger partial charge in [-0.15, -0.1) is 0 Å². The Hall–Kier alpha value is -2.63. The second-order valence-electron chi connectivity index (χ2n) is 4.75. The lowest BCUT2D eigenvalue weighted by Crippen LogP contribution is -1.89. The van der Waals surface area contributed by atoms with Gasteiger partial charge in [0.1, 0.15) is 11.6 Å². The third kappa shape index (κ3) is 2.65. The summed E-state index contributed by atoms with van der Waals surface area (Å²) in [5.41, 5.74) is 0.722. The van der Waals surface area contributed by atoms with Crippen LogP contribution in [-0.4, -0.2) is 5.24 Å². The summed E-state index contributed by atoms with van der Waals surface area (Å²) >= 11 is 5.36.